The summed E-state index contributed by atoms with van der Waals surface area (Å²) in [5.74, 6) is 1.10. The van der Waals surface area contributed by atoms with Crippen LogP contribution >= 0.6 is 0 Å². The molecule has 0 N–H and O–H groups in total. The van der Waals surface area contributed by atoms with Crippen LogP contribution in [-0.2, 0) is 27.1 Å². The van der Waals surface area contributed by atoms with Crippen LogP contribution in [0.4, 0.5) is 0 Å². The monoisotopic (exact) mass is 1070 g/mol. The maximum atomic E-state index is 3.92. The number of hydrogen-bond acceptors (Lipinski definition) is 0. The summed E-state index contributed by atoms with van der Waals surface area (Å²) in [5.41, 5.74) is 31.0. The van der Waals surface area contributed by atoms with Crippen LogP contribution in [0.5, 0.6) is 0 Å². The molecule has 0 amide bonds. The molecule has 0 nitrogen and oxygen atoms in total. The molecule has 8 aliphatic carbocycles. The highest BCUT2D eigenvalue weighted by molar-refractivity contribution is 5.95. The SMILES string of the molecule is C1CC1.C1CC1.C1CC1.C=Cc1c(C)c(C)c(C2CC2)c(C)c1C.CC(C)(C)C.CC(c1ccc2c(c1)C1(c3ccccc3-2)c2ccccc2-c2ccc(C(C)(C)C)cc21)c1cccc2c1C(C)(C)CC21CC(C)(C)c2ccccc21. The summed E-state index contributed by atoms with van der Waals surface area (Å²) in [4.78, 5) is 0. The van der Waals surface area contributed by atoms with Crippen LogP contribution < -0.4 is 0 Å². The summed E-state index contributed by atoms with van der Waals surface area (Å²) in [6, 6.07) is 49.9. The summed E-state index contributed by atoms with van der Waals surface area (Å²) < 4.78 is 0. The smallest absolute Gasteiger partial charge is 0.0725 e. The van der Waals surface area contributed by atoms with E-state index >= 15 is 0 Å². The molecule has 7 aromatic rings. The highest BCUT2D eigenvalue weighted by Gasteiger charge is 2.57. The molecule has 3 atom stereocenters. The third kappa shape index (κ3) is 11.3. The number of rotatable bonds is 4. The molecule has 0 aromatic heterocycles. The van der Waals surface area contributed by atoms with Gasteiger partial charge in [0.2, 0.25) is 0 Å². The molecular weight excluding hydrogens is 973 g/mol. The molecule has 0 bridgehead atoms. The van der Waals surface area contributed by atoms with Crippen molar-refractivity contribution in [3.63, 3.8) is 0 Å². The van der Waals surface area contributed by atoms with E-state index < -0.39 is 0 Å². The van der Waals surface area contributed by atoms with Gasteiger partial charge >= 0.3 is 0 Å². The van der Waals surface area contributed by atoms with Gasteiger partial charge in [-0.1, -0.05) is 281 Å². The van der Waals surface area contributed by atoms with Crippen molar-refractivity contribution in [3.8, 4) is 22.3 Å². The fraction of sp³-hybridized carbons (Fsp3) is 0.457. The van der Waals surface area contributed by atoms with Gasteiger partial charge in [0, 0.05) is 11.3 Å². The average Bonchev–Trinajstić information content (AvgIpc) is 2.96. The molecule has 0 heteroatoms. The van der Waals surface area contributed by atoms with E-state index in [0.717, 1.165) is 12.3 Å². The Morgan fingerprint density at radius 1 is 0.469 bits per heavy atom. The quantitative estimate of drug-likeness (QED) is 0.165. The summed E-state index contributed by atoms with van der Waals surface area (Å²) in [6.45, 7) is 41.1. The fourth-order valence-electron chi connectivity index (χ4n) is 14.6. The van der Waals surface area contributed by atoms with Gasteiger partial charge in [0.1, 0.15) is 0 Å². The first-order chi connectivity index (χ1) is 38.4. The van der Waals surface area contributed by atoms with Crippen LogP contribution in [0.25, 0.3) is 28.3 Å². The number of hydrogen-bond donors (Lipinski definition) is 0. The Morgan fingerprint density at radius 2 is 0.901 bits per heavy atom. The first-order valence-electron chi connectivity index (χ1n) is 31.8. The second-order valence-corrected chi connectivity index (χ2v) is 29.9. The molecule has 81 heavy (non-hydrogen) atoms. The van der Waals surface area contributed by atoms with Crippen molar-refractivity contribution in [3.05, 3.63) is 229 Å². The summed E-state index contributed by atoms with van der Waals surface area (Å²) in [7, 11) is 0. The van der Waals surface area contributed by atoms with E-state index in [1.54, 1.807) is 22.3 Å². The normalized spacial score (nSPS) is 20.9. The first kappa shape index (κ1) is 58.5. The van der Waals surface area contributed by atoms with Crippen LogP contribution in [-0.4, -0.2) is 0 Å². The van der Waals surface area contributed by atoms with E-state index in [1.807, 2.05) is 6.08 Å². The van der Waals surface area contributed by atoms with Gasteiger partial charge in [0.05, 0.1) is 5.41 Å². The lowest BCUT2D eigenvalue weighted by Crippen LogP contribution is -2.27. The van der Waals surface area contributed by atoms with Crippen molar-refractivity contribution in [2.24, 2.45) is 5.41 Å². The van der Waals surface area contributed by atoms with Crippen LogP contribution in [0.2, 0.25) is 0 Å². The molecular formula is C81H100. The molecule has 2 spiro atoms. The molecule has 4 fully saturated rings. The second kappa shape index (κ2) is 22.1. The largest absolute Gasteiger partial charge is 0.0984 e. The van der Waals surface area contributed by atoms with Crippen LogP contribution in [0, 0.1) is 33.1 Å². The maximum absolute atomic E-state index is 3.92. The third-order valence-corrected chi connectivity index (χ3v) is 18.9. The van der Waals surface area contributed by atoms with Crippen molar-refractivity contribution >= 4 is 6.08 Å². The molecule has 7 aromatic carbocycles. The molecule has 0 heterocycles. The lowest BCUT2D eigenvalue weighted by Gasteiger charge is -2.32. The Hall–Kier alpha value is -5.72. The zero-order valence-corrected chi connectivity index (χ0v) is 53.3. The van der Waals surface area contributed by atoms with Gasteiger partial charge in [-0.25, -0.2) is 0 Å². The molecule has 0 saturated heterocycles. The van der Waals surface area contributed by atoms with Crippen LogP contribution in [0.15, 0.2) is 134 Å². The average molecular weight is 1070 g/mol. The molecule has 8 aliphatic rings. The van der Waals surface area contributed by atoms with E-state index in [1.165, 1.54) is 172 Å². The minimum Gasteiger partial charge on any atom is -0.0984 e. The van der Waals surface area contributed by atoms with Crippen molar-refractivity contribution in [2.75, 3.05) is 0 Å². The summed E-state index contributed by atoms with van der Waals surface area (Å²) in [5, 5.41) is 0. The summed E-state index contributed by atoms with van der Waals surface area (Å²) in [6.07, 6.45) is 20.6. The van der Waals surface area contributed by atoms with Gasteiger partial charge in [0.25, 0.3) is 0 Å². The molecule has 15 rings (SSSR count). The van der Waals surface area contributed by atoms with E-state index in [9.17, 15) is 0 Å². The van der Waals surface area contributed by atoms with Gasteiger partial charge < -0.3 is 0 Å². The highest BCUT2D eigenvalue weighted by Crippen LogP contribution is 2.66. The van der Waals surface area contributed by atoms with Gasteiger partial charge in [-0.2, -0.15) is 0 Å². The molecule has 424 valence electrons. The molecule has 3 unspecified atom stereocenters. The predicted octanol–water partition coefficient (Wildman–Crippen LogP) is 23.1. The Kier molecular flexibility index (Phi) is 16.0. The van der Waals surface area contributed by atoms with Crippen molar-refractivity contribution < 1.29 is 0 Å². The van der Waals surface area contributed by atoms with Gasteiger partial charge in [-0.3, -0.25) is 0 Å². The summed E-state index contributed by atoms with van der Waals surface area (Å²) >= 11 is 0. The Bertz CT molecular complexity index is 3400. The van der Waals surface area contributed by atoms with E-state index in [0.29, 0.717) is 5.41 Å². The highest BCUT2D eigenvalue weighted by atomic mass is 14.6. The van der Waals surface area contributed by atoms with Crippen molar-refractivity contribution in [1.29, 1.82) is 0 Å². The van der Waals surface area contributed by atoms with Crippen LogP contribution in [0.1, 0.15) is 273 Å². The lowest BCUT2D eigenvalue weighted by molar-refractivity contribution is 0.349. The van der Waals surface area contributed by atoms with Crippen molar-refractivity contribution in [1.82, 2.24) is 0 Å². The number of benzene rings is 7. The zero-order chi connectivity index (χ0) is 58.0. The third-order valence-electron chi connectivity index (χ3n) is 18.9. The molecule has 4 saturated carbocycles. The predicted molar refractivity (Wildman–Crippen MR) is 352 cm³/mol. The van der Waals surface area contributed by atoms with Gasteiger partial charge in [0.15, 0.2) is 0 Å². The molecule has 0 aliphatic heterocycles. The fourth-order valence-corrected chi connectivity index (χ4v) is 14.6. The maximum Gasteiger partial charge on any atom is 0.0725 e. The van der Waals surface area contributed by atoms with Gasteiger partial charge in [-0.05, 0) is 198 Å². The minimum absolute atomic E-state index is 0.0508. The Balaban J connectivity index is 0.000000206. The second-order valence-electron chi connectivity index (χ2n) is 29.9. The Labute approximate surface area is 492 Å². The number of fused-ring (bicyclic) bond motifs is 14. The van der Waals surface area contributed by atoms with Crippen molar-refractivity contribution in [2.45, 2.75) is 233 Å². The topological polar surface area (TPSA) is 0 Å². The van der Waals surface area contributed by atoms with E-state index in [4.69, 9.17) is 0 Å². The van der Waals surface area contributed by atoms with Gasteiger partial charge in [-0.15, -0.1) is 0 Å². The minimum atomic E-state index is -0.351. The van der Waals surface area contributed by atoms with E-state index in [2.05, 4.69) is 245 Å². The zero-order valence-electron chi connectivity index (χ0n) is 53.3. The molecule has 0 radical (unpaired) electrons. The standard InChI is InChI=1S/C52H50.C15H20.C5H12.3C3H6/c1-32(35-18-15-23-44-47(35)50(7,8)31-51(44)30-49(5,6)42-21-13-14-22-43(42)51)33-24-26-38-36-16-9-11-19-40(36)52(45(38)28-33)41-20-12-10-17-37(41)39-27-25-34(29-46(39)52)48(2,3)4;1-6-14-9(2)11(4)15(13-7-8-13)12(5)10(14)3;1-5(2,3)4;3*1-2-3-1/h9-29,32H,30-31H2,1-8H3;6,13H,1,7-8H2,2-5H3;1-4H3;3*1-3H2. The van der Waals surface area contributed by atoms with E-state index in [-0.39, 0.29) is 33.0 Å². The van der Waals surface area contributed by atoms with Crippen LogP contribution in [0.3, 0.4) is 0 Å². The lowest BCUT2D eigenvalue weighted by atomic mass is 9.69. The first-order valence-corrected chi connectivity index (χ1v) is 31.8. The Morgan fingerprint density at radius 3 is 1.38 bits per heavy atom.